The highest BCUT2D eigenvalue weighted by molar-refractivity contribution is 5.83. The molecule has 0 saturated carbocycles. The van der Waals surface area contributed by atoms with Crippen LogP contribution < -0.4 is 0 Å². The van der Waals surface area contributed by atoms with Crippen LogP contribution in [-0.2, 0) is 22.6 Å². The second-order valence-electron chi connectivity index (χ2n) is 4.55. The minimum absolute atomic E-state index is 0.0476. The van der Waals surface area contributed by atoms with Gasteiger partial charge in [0, 0.05) is 5.39 Å². The van der Waals surface area contributed by atoms with Crippen LogP contribution in [0.2, 0.25) is 0 Å². The zero-order valence-corrected chi connectivity index (χ0v) is 9.85. The van der Waals surface area contributed by atoms with Crippen molar-refractivity contribution in [2.45, 2.75) is 19.4 Å². The van der Waals surface area contributed by atoms with Crippen LogP contribution in [0, 0.1) is 5.92 Å². The van der Waals surface area contributed by atoms with E-state index < -0.39 is 0 Å². The van der Waals surface area contributed by atoms with Crippen molar-refractivity contribution in [1.82, 2.24) is 10.2 Å². The summed E-state index contributed by atoms with van der Waals surface area (Å²) in [6.45, 7) is 0.458. The molecule has 3 rings (SSSR count). The van der Waals surface area contributed by atoms with Gasteiger partial charge in [-0.25, -0.2) is 0 Å². The first-order valence-corrected chi connectivity index (χ1v) is 6.01. The third-order valence-corrected chi connectivity index (χ3v) is 3.50. The molecule has 1 aliphatic rings. The molecule has 1 aliphatic heterocycles. The average Bonchev–Trinajstić information content (AvgIpc) is 2.99. The van der Waals surface area contributed by atoms with Crippen LogP contribution in [0.4, 0.5) is 0 Å². The molecule has 1 saturated heterocycles. The fourth-order valence-electron chi connectivity index (χ4n) is 2.49. The monoisotopic (exact) mass is 246 g/mol. The Kier molecular flexibility index (Phi) is 2.76. The van der Waals surface area contributed by atoms with E-state index in [1.165, 1.54) is 0 Å². The van der Waals surface area contributed by atoms with Crippen molar-refractivity contribution in [2.75, 3.05) is 6.61 Å². The normalized spacial score (nSPS) is 19.4. The van der Waals surface area contributed by atoms with Crippen molar-refractivity contribution in [1.29, 1.82) is 0 Å². The van der Waals surface area contributed by atoms with Crippen molar-refractivity contribution < 1.29 is 14.6 Å². The van der Waals surface area contributed by atoms with Crippen LogP contribution in [-0.4, -0.2) is 27.9 Å². The van der Waals surface area contributed by atoms with E-state index in [9.17, 15) is 9.90 Å². The number of aliphatic hydroxyl groups is 1. The van der Waals surface area contributed by atoms with Crippen molar-refractivity contribution >= 4 is 16.9 Å². The number of aromatic amines is 1. The van der Waals surface area contributed by atoms with Gasteiger partial charge in [0.25, 0.3) is 0 Å². The first kappa shape index (κ1) is 11.2. The predicted molar refractivity (Wildman–Crippen MR) is 64.8 cm³/mol. The smallest absolute Gasteiger partial charge is 0.309 e. The molecule has 2 N–H and O–H groups in total. The summed E-state index contributed by atoms with van der Waals surface area (Å²) in [6, 6.07) is 3.87. The van der Waals surface area contributed by atoms with Crippen LogP contribution in [0.25, 0.3) is 10.9 Å². The number of aromatic nitrogens is 2. The molecule has 5 nitrogen and oxygen atoms in total. The third-order valence-electron chi connectivity index (χ3n) is 3.50. The van der Waals surface area contributed by atoms with Crippen LogP contribution in [0.3, 0.4) is 0 Å². The van der Waals surface area contributed by atoms with Crippen molar-refractivity contribution in [3.05, 3.63) is 29.5 Å². The Morgan fingerprint density at radius 2 is 2.39 bits per heavy atom. The summed E-state index contributed by atoms with van der Waals surface area (Å²) in [5.74, 6) is -0.217. The Hall–Kier alpha value is -1.88. The number of fused-ring (bicyclic) bond motifs is 1. The van der Waals surface area contributed by atoms with Gasteiger partial charge < -0.3 is 9.84 Å². The van der Waals surface area contributed by atoms with Crippen LogP contribution >= 0.6 is 0 Å². The molecule has 2 heterocycles. The molecule has 1 atom stereocenters. The molecule has 1 fully saturated rings. The first-order chi connectivity index (χ1) is 8.79. The number of ether oxygens (including phenoxy) is 1. The zero-order valence-electron chi connectivity index (χ0n) is 9.85. The van der Waals surface area contributed by atoms with Gasteiger partial charge in [-0.3, -0.25) is 9.89 Å². The lowest BCUT2D eigenvalue weighted by Crippen LogP contribution is -2.12. The Bertz CT molecular complexity index is 591. The summed E-state index contributed by atoms with van der Waals surface area (Å²) in [5.41, 5.74) is 2.74. The second-order valence-corrected chi connectivity index (χ2v) is 4.55. The maximum Gasteiger partial charge on any atom is 0.309 e. The molecular formula is C13H14N2O3. The molecule has 0 bridgehead atoms. The standard InChI is InChI=1S/C13H14N2O3/c16-7-11-8(5-9-3-4-18-13(9)17)1-2-12-10(11)6-14-15-12/h1-2,6,9,16H,3-5,7H2,(H,14,15)/t9-/m1/s1. The van der Waals surface area contributed by atoms with E-state index in [-0.39, 0.29) is 18.5 Å². The third kappa shape index (κ3) is 1.76. The average molecular weight is 246 g/mol. The predicted octanol–water partition coefficient (Wildman–Crippen LogP) is 1.16. The van der Waals surface area contributed by atoms with Gasteiger partial charge in [-0.1, -0.05) is 6.07 Å². The number of carbonyl (C=O) groups is 1. The largest absolute Gasteiger partial charge is 0.465 e. The topological polar surface area (TPSA) is 75.2 Å². The highest BCUT2D eigenvalue weighted by atomic mass is 16.5. The maximum atomic E-state index is 11.5. The fraction of sp³-hybridized carbons (Fsp3) is 0.385. The van der Waals surface area contributed by atoms with Crippen molar-refractivity contribution in [3.8, 4) is 0 Å². The van der Waals surface area contributed by atoms with E-state index in [4.69, 9.17) is 4.74 Å². The van der Waals surface area contributed by atoms with Crippen LogP contribution in [0.1, 0.15) is 17.5 Å². The lowest BCUT2D eigenvalue weighted by molar-refractivity contribution is -0.141. The van der Waals surface area contributed by atoms with Crippen molar-refractivity contribution in [2.24, 2.45) is 5.92 Å². The fourth-order valence-corrected chi connectivity index (χ4v) is 2.49. The quantitative estimate of drug-likeness (QED) is 0.797. The maximum absolute atomic E-state index is 11.5. The number of aliphatic hydroxyl groups excluding tert-OH is 1. The molecule has 0 amide bonds. The number of esters is 1. The van der Waals surface area contributed by atoms with Gasteiger partial charge in [0.2, 0.25) is 0 Å². The molecule has 5 heteroatoms. The molecule has 1 aromatic heterocycles. The number of H-pyrrole nitrogens is 1. The van der Waals surface area contributed by atoms with Gasteiger partial charge >= 0.3 is 5.97 Å². The zero-order chi connectivity index (χ0) is 12.5. The van der Waals surface area contributed by atoms with E-state index in [1.807, 2.05) is 12.1 Å². The highest BCUT2D eigenvalue weighted by Gasteiger charge is 2.27. The Labute approximate surface area is 104 Å². The number of benzene rings is 1. The first-order valence-electron chi connectivity index (χ1n) is 6.01. The Morgan fingerprint density at radius 1 is 1.50 bits per heavy atom. The van der Waals surface area contributed by atoms with E-state index in [0.29, 0.717) is 13.0 Å². The molecule has 0 radical (unpaired) electrons. The molecule has 1 aromatic carbocycles. The van der Waals surface area contributed by atoms with Gasteiger partial charge in [-0.2, -0.15) is 5.10 Å². The number of cyclic esters (lactones) is 1. The Morgan fingerprint density at radius 3 is 3.11 bits per heavy atom. The molecule has 18 heavy (non-hydrogen) atoms. The van der Waals surface area contributed by atoms with E-state index in [0.717, 1.165) is 28.5 Å². The van der Waals surface area contributed by atoms with E-state index >= 15 is 0 Å². The lowest BCUT2D eigenvalue weighted by atomic mass is 9.93. The molecule has 2 aromatic rings. The summed E-state index contributed by atoms with van der Waals surface area (Å²) < 4.78 is 4.96. The highest BCUT2D eigenvalue weighted by Crippen LogP contribution is 2.26. The lowest BCUT2D eigenvalue weighted by Gasteiger charge is -2.11. The SMILES string of the molecule is O=C1OCC[C@@H]1Cc1ccc2[nH]ncc2c1CO. The van der Waals surface area contributed by atoms with Crippen LogP contribution in [0.5, 0.6) is 0 Å². The number of hydrogen-bond acceptors (Lipinski definition) is 4. The summed E-state index contributed by atoms with van der Waals surface area (Å²) in [5, 5.41) is 17.3. The number of carbonyl (C=O) groups excluding carboxylic acids is 1. The number of rotatable bonds is 3. The van der Waals surface area contributed by atoms with Gasteiger partial charge in [-0.15, -0.1) is 0 Å². The van der Waals surface area contributed by atoms with Crippen LogP contribution in [0.15, 0.2) is 18.3 Å². The van der Waals surface area contributed by atoms with Gasteiger partial charge in [-0.05, 0) is 30.0 Å². The summed E-state index contributed by atoms with van der Waals surface area (Å²) in [6.07, 6.45) is 3.08. The summed E-state index contributed by atoms with van der Waals surface area (Å²) in [4.78, 5) is 11.5. The minimum Gasteiger partial charge on any atom is -0.465 e. The number of nitrogens with one attached hydrogen (secondary N) is 1. The molecule has 0 unspecified atom stereocenters. The molecule has 0 spiro atoms. The number of hydrogen-bond donors (Lipinski definition) is 2. The number of nitrogens with zero attached hydrogens (tertiary/aromatic N) is 1. The summed E-state index contributed by atoms with van der Waals surface area (Å²) >= 11 is 0. The van der Waals surface area contributed by atoms with Gasteiger partial charge in [0.05, 0.1) is 30.8 Å². The van der Waals surface area contributed by atoms with Crippen molar-refractivity contribution in [3.63, 3.8) is 0 Å². The van der Waals surface area contributed by atoms with E-state index in [2.05, 4.69) is 10.2 Å². The van der Waals surface area contributed by atoms with Gasteiger partial charge in [0.15, 0.2) is 0 Å². The van der Waals surface area contributed by atoms with E-state index in [1.54, 1.807) is 6.20 Å². The molecular weight excluding hydrogens is 232 g/mol. The Balaban J connectivity index is 1.97. The minimum atomic E-state index is -0.133. The summed E-state index contributed by atoms with van der Waals surface area (Å²) in [7, 11) is 0. The van der Waals surface area contributed by atoms with Gasteiger partial charge in [0.1, 0.15) is 0 Å². The second kappa shape index (κ2) is 4.42. The molecule has 0 aliphatic carbocycles. The molecule has 94 valence electrons.